The van der Waals surface area contributed by atoms with Gasteiger partial charge in [-0.2, -0.15) is 5.26 Å². The van der Waals surface area contributed by atoms with E-state index in [0.29, 0.717) is 11.7 Å². The molecule has 88 valence electrons. The number of hydrogen-bond acceptors (Lipinski definition) is 3. The van der Waals surface area contributed by atoms with Crippen LogP contribution in [0.5, 0.6) is 0 Å². The third-order valence-electron chi connectivity index (χ3n) is 3.30. The highest BCUT2D eigenvalue weighted by molar-refractivity contribution is 5.68. The summed E-state index contributed by atoms with van der Waals surface area (Å²) >= 11 is 0. The highest BCUT2D eigenvalue weighted by atomic mass is 15.2. The van der Waals surface area contributed by atoms with Crippen LogP contribution < -0.4 is 4.90 Å². The second kappa shape index (κ2) is 4.15. The Morgan fingerprint density at radius 1 is 1.22 bits per heavy atom. The lowest BCUT2D eigenvalue weighted by atomic mass is 10.1. The number of nitrogens with zero attached hydrogens (tertiary/aromatic N) is 3. The molecule has 2 heterocycles. The molecule has 1 aliphatic heterocycles. The van der Waals surface area contributed by atoms with E-state index in [-0.39, 0.29) is 0 Å². The number of fused-ring (bicyclic) bond motifs is 1. The van der Waals surface area contributed by atoms with Crippen molar-refractivity contribution in [3.8, 4) is 6.07 Å². The molecule has 3 nitrogen and oxygen atoms in total. The van der Waals surface area contributed by atoms with E-state index in [4.69, 9.17) is 5.26 Å². The van der Waals surface area contributed by atoms with Gasteiger partial charge < -0.3 is 4.90 Å². The van der Waals surface area contributed by atoms with Crippen LogP contribution in [0.25, 0.3) is 0 Å². The molecule has 0 aliphatic carbocycles. The molecular formula is C15H13N3. The van der Waals surface area contributed by atoms with E-state index in [1.54, 1.807) is 6.07 Å². The van der Waals surface area contributed by atoms with E-state index >= 15 is 0 Å². The van der Waals surface area contributed by atoms with E-state index in [0.717, 1.165) is 12.2 Å². The Bertz CT molecular complexity index is 628. The van der Waals surface area contributed by atoms with Crippen LogP contribution in [0.2, 0.25) is 0 Å². The van der Waals surface area contributed by atoms with Gasteiger partial charge in [0.1, 0.15) is 17.6 Å². The highest BCUT2D eigenvalue weighted by Crippen LogP contribution is 2.36. The quantitative estimate of drug-likeness (QED) is 0.762. The zero-order valence-electron chi connectivity index (χ0n) is 10.2. The van der Waals surface area contributed by atoms with Gasteiger partial charge in [0.15, 0.2) is 0 Å². The van der Waals surface area contributed by atoms with Gasteiger partial charge >= 0.3 is 0 Å². The maximum atomic E-state index is 8.93. The Morgan fingerprint density at radius 2 is 2.06 bits per heavy atom. The summed E-state index contributed by atoms with van der Waals surface area (Å²) < 4.78 is 0. The van der Waals surface area contributed by atoms with E-state index in [2.05, 4.69) is 41.1 Å². The second-order valence-electron chi connectivity index (χ2n) is 4.54. The maximum absolute atomic E-state index is 8.93. The van der Waals surface area contributed by atoms with Gasteiger partial charge in [-0.1, -0.05) is 24.3 Å². The molecule has 18 heavy (non-hydrogen) atoms. The van der Waals surface area contributed by atoms with Crippen molar-refractivity contribution in [2.24, 2.45) is 0 Å². The average molecular weight is 235 g/mol. The Morgan fingerprint density at radius 3 is 2.89 bits per heavy atom. The minimum atomic E-state index is 0.379. The lowest BCUT2D eigenvalue weighted by molar-refractivity contribution is 0.750. The van der Waals surface area contributed by atoms with Gasteiger partial charge in [0.05, 0.1) is 0 Å². The lowest BCUT2D eigenvalue weighted by Crippen LogP contribution is -2.24. The number of anilines is 2. The van der Waals surface area contributed by atoms with Crippen molar-refractivity contribution in [1.29, 1.82) is 5.26 Å². The maximum Gasteiger partial charge on any atom is 0.142 e. The molecule has 0 bridgehead atoms. The van der Waals surface area contributed by atoms with Crippen molar-refractivity contribution in [2.45, 2.75) is 19.4 Å². The summed E-state index contributed by atoms with van der Waals surface area (Å²) in [6.45, 7) is 2.18. The molecule has 1 aromatic heterocycles. The molecule has 0 fully saturated rings. The monoisotopic (exact) mass is 235 g/mol. The summed E-state index contributed by atoms with van der Waals surface area (Å²) in [6, 6.07) is 16.4. The fourth-order valence-corrected chi connectivity index (χ4v) is 2.53. The van der Waals surface area contributed by atoms with Gasteiger partial charge in [0.2, 0.25) is 0 Å². The van der Waals surface area contributed by atoms with E-state index in [9.17, 15) is 0 Å². The molecule has 3 rings (SSSR count). The van der Waals surface area contributed by atoms with Crippen LogP contribution >= 0.6 is 0 Å². The van der Waals surface area contributed by atoms with Crippen LogP contribution in [0, 0.1) is 11.3 Å². The molecule has 0 N–H and O–H groups in total. The van der Waals surface area contributed by atoms with Crippen molar-refractivity contribution in [3.63, 3.8) is 0 Å². The smallest absolute Gasteiger partial charge is 0.142 e. The summed E-state index contributed by atoms with van der Waals surface area (Å²) in [4.78, 5) is 6.59. The van der Waals surface area contributed by atoms with Crippen LogP contribution in [0.3, 0.4) is 0 Å². The normalized spacial score (nSPS) is 17.3. The first-order valence-corrected chi connectivity index (χ1v) is 6.04. The highest BCUT2D eigenvalue weighted by Gasteiger charge is 2.27. The predicted molar refractivity (Wildman–Crippen MR) is 70.7 cm³/mol. The van der Waals surface area contributed by atoms with Crippen LogP contribution in [0.15, 0.2) is 42.5 Å². The molecular weight excluding hydrogens is 222 g/mol. The first-order valence-electron chi connectivity index (χ1n) is 6.04. The topological polar surface area (TPSA) is 39.9 Å². The molecule has 2 aromatic rings. The van der Waals surface area contributed by atoms with Crippen LogP contribution in [-0.4, -0.2) is 11.0 Å². The fourth-order valence-electron chi connectivity index (χ4n) is 2.53. The van der Waals surface area contributed by atoms with Gasteiger partial charge in [0.25, 0.3) is 0 Å². The summed E-state index contributed by atoms with van der Waals surface area (Å²) in [7, 11) is 0. The third kappa shape index (κ3) is 1.63. The largest absolute Gasteiger partial charge is 0.323 e. The molecule has 0 radical (unpaired) electrons. The molecule has 0 amide bonds. The Balaban J connectivity index is 2.09. The minimum Gasteiger partial charge on any atom is -0.323 e. The fraction of sp³-hybridized carbons (Fsp3) is 0.200. The molecule has 1 unspecified atom stereocenters. The predicted octanol–water partition coefficient (Wildman–Crippen LogP) is 3.04. The van der Waals surface area contributed by atoms with Crippen LogP contribution in [-0.2, 0) is 6.42 Å². The van der Waals surface area contributed by atoms with E-state index in [1.165, 1.54) is 11.3 Å². The Hall–Kier alpha value is -2.34. The van der Waals surface area contributed by atoms with Gasteiger partial charge in [0, 0.05) is 11.7 Å². The van der Waals surface area contributed by atoms with Gasteiger partial charge in [-0.05, 0) is 37.1 Å². The molecule has 1 aliphatic rings. The zero-order chi connectivity index (χ0) is 12.5. The number of pyridine rings is 1. The number of hydrogen-bond donors (Lipinski definition) is 0. The number of para-hydroxylation sites is 1. The lowest BCUT2D eigenvalue weighted by Gasteiger charge is -2.23. The zero-order valence-corrected chi connectivity index (χ0v) is 10.2. The number of nitriles is 1. The van der Waals surface area contributed by atoms with Crippen molar-refractivity contribution < 1.29 is 0 Å². The Kier molecular flexibility index (Phi) is 2.49. The number of rotatable bonds is 1. The molecule has 1 aromatic carbocycles. The average Bonchev–Trinajstić information content (AvgIpc) is 2.74. The van der Waals surface area contributed by atoms with Crippen molar-refractivity contribution in [1.82, 2.24) is 4.98 Å². The second-order valence-corrected chi connectivity index (χ2v) is 4.54. The van der Waals surface area contributed by atoms with Gasteiger partial charge in [-0.3, -0.25) is 0 Å². The molecule has 0 spiro atoms. The van der Waals surface area contributed by atoms with E-state index in [1.807, 2.05) is 18.2 Å². The molecule has 0 saturated heterocycles. The minimum absolute atomic E-state index is 0.379. The van der Waals surface area contributed by atoms with Gasteiger partial charge in [-0.25, -0.2) is 4.98 Å². The van der Waals surface area contributed by atoms with Crippen molar-refractivity contribution >= 4 is 11.5 Å². The third-order valence-corrected chi connectivity index (χ3v) is 3.30. The Labute approximate surface area is 106 Å². The summed E-state index contributed by atoms with van der Waals surface area (Å²) in [6.07, 6.45) is 1.02. The standard InChI is InChI=1S/C15H13N3/c1-11-9-12-5-2-3-7-14(12)18(11)15-8-4-6-13(10-16)17-15/h2-8,11H,9H2,1H3. The summed E-state index contributed by atoms with van der Waals surface area (Å²) in [5.74, 6) is 0.853. The van der Waals surface area contributed by atoms with Crippen molar-refractivity contribution in [3.05, 3.63) is 53.7 Å². The molecule has 1 atom stereocenters. The van der Waals surface area contributed by atoms with Crippen LogP contribution in [0.4, 0.5) is 11.5 Å². The number of benzene rings is 1. The molecule has 0 saturated carbocycles. The first-order chi connectivity index (χ1) is 8.79. The van der Waals surface area contributed by atoms with Crippen molar-refractivity contribution in [2.75, 3.05) is 4.90 Å². The van der Waals surface area contributed by atoms with E-state index < -0.39 is 0 Å². The molecule has 3 heteroatoms. The summed E-state index contributed by atoms with van der Waals surface area (Å²) in [5.41, 5.74) is 3.01. The summed E-state index contributed by atoms with van der Waals surface area (Å²) in [5, 5.41) is 8.93. The van der Waals surface area contributed by atoms with Crippen LogP contribution in [0.1, 0.15) is 18.2 Å². The first kappa shape index (κ1) is 10.8. The van der Waals surface area contributed by atoms with Gasteiger partial charge in [-0.15, -0.1) is 0 Å². The SMILES string of the molecule is CC1Cc2ccccc2N1c1cccc(C#N)n1. The number of aromatic nitrogens is 1.